The molecule has 2 amide bonds. The van der Waals surface area contributed by atoms with E-state index in [1.807, 2.05) is 0 Å². The van der Waals surface area contributed by atoms with Crippen molar-refractivity contribution in [3.63, 3.8) is 0 Å². The molecular weight excluding hydrogens is 423 g/mol. The summed E-state index contributed by atoms with van der Waals surface area (Å²) in [6, 6.07) is 8.57. The van der Waals surface area contributed by atoms with Crippen LogP contribution >= 0.6 is 34.8 Å². The highest BCUT2D eigenvalue weighted by Crippen LogP contribution is 2.30. The Bertz CT molecular complexity index is 1020. The summed E-state index contributed by atoms with van der Waals surface area (Å²) in [5.41, 5.74) is 0.635. The van der Waals surface area contributed by atoms with E-state index in [0.717, 1.165) is 0 Å². The number of hydrogen-bond acceptors (Lipinski definition) is 4. The summed E-state index contributed by atoms with van der Waals surface area (Å²) in [6.45, 7) is 0. The second-order valence-corrected chi connectivity index (χ2v) is 8.63. The van der Waals surface area contributed by atoms with Crippen molar-refractivity contribution in [3.05, 3.63) is 57.0 Å². The van der Waals surface area contributed by atoms with E-state index in [2.05, 4.69) is 5.32 Å². The first-order chi connectivity index (χ1) is 12.2. The monoisotopic (exact) mass is 432 g/mol. The van der Waals surface area contributed by atoms with Gasteiger partial charge in [-0.05, 0) is 36.4 Å². The predicted octanol–water partition coefficient (Wildman–Crippen LogP) is 3.97. The van der Waals surface area contributed by atoms with Gasteiger partial charge in [-0.15, -0.1) is 0 Å². The lowest BCUT2D eigenvalue weighted by molar-refractivity contribution is -0.116. The zero-order chi connectivity index (χ0) is 19.1. The fraction of sp³-hybridized carbons (Fsp3) is 0.125. The number of sulfonamides is 1. The first kappa shape index (κ1) is 19.0. The molecule has 0 radical (unpaired) electrons. The average molecular weight is 434 g/mol. The third kappa shape index (κ3) is 3.66. The molecule has 0 saturated carbocycles. The van der Waals surface area contributed by atoms with E-state index >= 15 is 0 Å². The van der Waals surface area contributed by atoms with Gasteiger partial charge in [0.15, 0.2) is 0 Å². The summed E-state index contributed by atoms with van der Waals surface area (Å²) in [6.07, 6.45) is -0.0838. The van der Waals surface area contributed by atoms with Crippen molar-refractivity contribution in [1.29, 1.82) is 0 Å². The standard InChI is InChI=1S/C16H11Cl3N2O4S/c17-12-4-1-9(7-14(12)19)20-16(23)11-3-2-10(8-13(11)18)21-15(22)5-6-26(21,24)25/h1-4,7-8H,5-6H2,(H,20,23). The summed E-state index contributed by atoms with van der Waals surface area (Å²) < 4.78 is 24.6. The predicted molar refractivity (Wildman–Crippen MR) is 102 cm³/mol. The van der Waals surface area contributed by atoms with E-state index in [1.165, 1.54) is 30.3 Å². The Morgan fingerprint density at radius 2 is 1.73 bits per heavy atom. The summed E-state index contributed by atoms with van der Waals surface area (Å²) in [5.74, 6) is -1.30. The average Bonchev–Trinajstić information content (AvgIpc) is 2.83. The third-order valence-corrected chi connectivity index (χ3v) is 6.43. The van der Waals surface area contributed by atoms with E-state index in [1.54, 1.807) is 6.07 Å². The fourth-order valence-electron chi connectivity index (χ4n) is 2.46. The molecule has 1 fully saturated rings. The summed E-state index contributed by atoms with van der Waals surface area (Å²) in [7, 11) is -3.70. The van der Waals surface area contributed by atoms with Gasteiger partial charge in [0.2, 0.25) is 15.9 Å². The third-order valence-electron chi connectivity index (χ3n) is 3.69. The normalized spacial score (nSPS) is 16.0. The molecule has 1 saturated heterocycles. The van der Waals surface area contributed by atoms with Crippen LogP contribution in [0.4, 0.5) is 11.4 Å². The molecule has 2 aromatic carbocycles. The van der Waals surface area contributed by atoms with Gasteiger partial charge in [0.05, 0.1) is 32.1 Å². The Hall–Kier alpha value is -1.80. The zero-order valence-corrected chi connectivity index (χ0v) is 16.1. The molecule has 0 atom stereocenters. The highest BCUT2D eigenvalue weighted by molar-refractivity contribution is 7.94. The minimum absolute atomic E-state index is 0.00922. The minimum atomic E-state index is -3.70. The SMILES string of the molecule is O=C(Nc1ccc(Cl)c(Cl)c1)c1ccc(N2C(=O)CCS2(=O)=O)cc1Cl. The molecule has 1 aliphatic heterocycles. The van der Waals surface area contributed by atoms with Crippen LogP contribution in [0.3, 0.4) is 0 Å². The van der Waals surface area contributed by atoms with Crippen LogP contribution in [0.25, 0.3) is 0 Å². The van der Waals surface area contributed by atoms with Crippen LogP contribution in [0.1, 0.15) is 16.8 Å². The number of benzene rings is 2. The van der Waals surface area contributed by atoms with Crippen molar-refractivity contribution in [2.75, 3.05) is 15.4 Å². The molecule has 1 heterocycles. The Kier molecular flexibility index (Phi) is 5.16. The van der Waals surface area contributed by atoms with Gasteiger partial charge in [0.25, 0.3) is 5.91 Å². The second kappa shape index (κ2) is 7.08. The van der Waals surface area contributed by atoms with Crippen LogP contribution in [-0.2, 0) is 14.8 Å². The number of anilines is 2. The van der Waals surface area contributed by atoms with Gasteiger partial charge in [-0.3, -0.25) is 9.59 Å². The highest BCUT2D eigenvalue weighted by atomic mass is 35.5. The molecule has 6 nitrogen and oxygen atoms in total. The van der Waals surface area contributed by atoms with Gasteiger partial charge < -0.3 is 5.32 Å². The molecule has 3 rings (SSSR count). The lowest BCUT2D eigenvalue weighted by Crippen LogP contribution is -2.29. The van der Waals surface area contributed by atoms with Crippen molar-refractivity contribution in [1.82, 2.24) is 0 Å². The number of hydrogen-bond donors (Lipinski definition) is 1. The molecule has 0 aromatic heterocycles. The first-order valence-electron chi connectivity index (χ1n) is 7.31. The number of halogens is 3. The van der Waals surface area contributed by atoms with Crippen molar-refractivity contribution < 1.29 is 18.0 Å². The van der Waals surface area contributed by atoms with Crippen LogP contribution in [0.5, 0.6) is 0 Å². The Morgan fingerprint density at radius 1 is 1.00 bits per heavy atom. The quantitative estimate of drug-likeness (QED) is 0.794. The Labute approximate surface area is 164 Å². The highest BCUT2D eigenvalue weighted by Gasteiger charge is 2.36. The van der Waals surface area contributed by atoms with E-state index in [0.29, 0.717) is 15.0 Å². The van der Waals surface area contributed by atoms with Gasteiger partial charge in [-0.25, -0.2) is 12.7 Å². The van der Waals surface area contributed by atoms with Gasteiger partial charge in [0.1, 0.15) is 0 Å². The summed E-state index contributed by atoms with van der Waals surface area (Å²) in [4.78, 5) is 24.2. The Balaban J connectivity index is 1.86. The largest absolute Gasteiger partial charge is 0.322 e. The number of amides is 2. The molecule has 1 aliphatic rings. The molecule has 136 valence electrons. The maximum Gasteiger partial charge on any atom is 0.257 e. The smallest absolute Gasteiger partial charge is 0.257 e. The number of carbonyl (C=O) groups excluding carboxylic acids is 2. The number of nitrogens with zero attached hydrogens (tertiary/aromatic N) is 1. The first-order valence-corrected chi connectivity index (χ1v) is 10.0. The molecule has 0 bridgehead atoms. The van der Waals surface area contributed by atoms with Gasteiger partial charge in [-0.2, -0.15) is 0 Å². The topological polar surface area (TPSA) is 83.6 Å². The molecule has 1 N–H and O–H groups in total. The van der Waals surface area contributed by atoms with Crippen molar-refractivity contribution in [3.8, 4) is 0 Å². The molecule has 26 heavy (non-hydrogen) atoms. The second-order valence-electron chi connectivity index (χ2n) is 5.47. The van der Waals surface area contributed by atoms with Crippen LogP contribution in [-0.4, -0.2) is 26.0 Å². The molecule has 0 unspecified atom stereocenters. The zero-order valence-electron chi connectivity index (χ0n) is 13.0. The van der Waals surface area contributed by atoms with E-state index in [9.17, 15) is 18.0 Å². The molecule has 0 spiro atoms. The van der Waals surface area contributed by atoms with Gasteiger partial charge >= 0.3 is 0 Å². The van der Waals surface area contributed by atoms with E-state index < -0.39 is 21.8 Å². The van der Waals surface area contributed by atoms with Crippen LogP contribution in [0.2, 0.25) is 15.1 Å². The van der Waals surface area contributed by atoms with Crippen molar-refractivity contribution >= 4 is 68.0 Å². The lowest BCUT2D eigenvalue weighted by Gasteiger charge is -2.16. The minimum Gasteiger partial charge on any atom is -0.322 e. The molecular formula is C16H11Cl3N2O4S. The van der Waals surface area contributed by atoms with Crippen LogP contribution < -0.4 is 9.62 Å². The number of carbonyl (C=O) groups is 2. The Morgan fingerprint density at radius 3 is 2.31 bits per heavy atom. The maximum absolute atomic E-state index is 12.4. The van der Waals surface area contributed by atoms with Crippen LogP contribution in [0.15, 0.2) is 36.4 Å². The fourth-order valence-corrected chi connectivity index (χ4v) is 4.47. The van der Waals surface area contributed by atoms with Crippen molar-refractivity contribution in [2.24, 2.45) is 0 Å². The van der Waals surface area contributed by atoms with Crippen molar-refractivity contribution in [2.45, 2.75) is 6.42 Å². The maximum atomic E-state index is 12.4. The number of rotatable bonds is 3. The molecule has 2 aromatic rings. The summed E-state index contributed by atoms with van der Waals surface area (Å²) >= 11 is 17.9. The summed E-state index contributed by atoms with van der Waals surface area (Å²) in [5, 5.41) is 3.26. The number of nitrogens with one attached hydrogen (secondary N) is 1. The van der Waals surface area contributed by atoms with Gasteiger partial charge in [0, 0.05) is 12.1 Å². The lowest BCUT2D eigenvalue weighted by atomic mass is 10.1. The van der Waals surface area contributed by atoms with Crippen LogP contribution in [0, 0.1) is 0 Å². The van der Waals surface area contributed by atoms with E-state index in [-0.39, 0.29) is 33.5 Å². The van der Waals surface area contributed by atoms with Gasteiger partial charge in [-0.1, -0.05) is 34.8 Å². The molecule has 0 aliphatic carbocycles. The molecule has 10 heteroatoms. The van der Waals surface area contributed by atoms with E-state index in [4.69, 9.17) is 34.8 Å².